The number of urea groups is 1. The predicted molar refractivity (Wildman–Crippen MR) is 579 cm³/mol. The molecule has 5 heterocycles. The van der Waals surface area contributed by atoms with Crippen molar-refractivity contribution in [3.63, 3.8) is 0 Å². The Morgan fingerprint density at radius 2 is 0.912 bits per heavy atom. The summed E-state index contributed by atoms with van der Waals surface area (Å²) in [4.78, 5) is 78.6. The van der Waals surface area contributed by atoms with Gasteiger partial charge in [0, 0.05) is 197 Å². The third-order valence-corrected chi connectivity index (χ3v) is 21.3. The molecule has 2 amide bonds. The molecule has 0 saturated carbocycles. The molecule has 4 aromatic heterocycles. The van der Waals surface area contributed by atoms with Crippen LogP contribution in [0.15, 0.2) is 230 Å². The van der Waals surface area contributed by atoms with E-state index in [9.17, 15) is 44.7 Å². The number of halogens is 2. The Hall–Kier alpha value is -15.7. The first-order valence-corrected chi connectivity index (χ1v) is 44.6. The van der Waals surface area contributed by atoms with Crippen LogP contribution < -0.4 is 77.1 Å². The maximum absolute atomic E-state index is 11.0. The molecule has 39 nitrogen and oxygen atoms in total. The zero-order valence-corrected chi connectivity index (χ0v) is 89.3. The quantitative estimate of drug-likeness (QED) is 0.00289. The Balaban J connectivity index is 0.000000573. The summed E-state index contributed by atoms with van der Waals surface area (Å²) in [5.74, 6) is 11.2. The van der Waals surface area contributed by atoms with E-state index in [2.05, 4.69) is 35.9 Å². The minimum absolute atomic E-state index is 0. The molecule has 0 bridgehead atoms. The van der Waals surface area contributed by atoms with Gasteiger partial charge in [-0.15, -0.1) is 24.8 Å². The molecule has 148 heavy (non-hydrogen) atoms. The second-order valence-electron chi connectivity index (χ2n) is 33.6. The van der Waals surface area contributed by atoms with Gasteiger partial charge in [-0.1, -0.05) is 37.8 Å². The first kappa shape index (κ1) is 128. The molecular weight excluding hydrogens is 2030 g/mol. The molecule has 0 unspecified atom stereocenters. The smallest absolute Gasteiger partial charge is 0.319 e. The fourth-order valence-electron chi connectivity index (χ4n) is 13.8. The number of rotatable bonds is 27. The van der Waals surface area contributed by atoms with Crippen molar-refractivity contribution in [2.45, 2.75) is 93.0 Å². The van der Waals surface area contributed by atoms with E-state index in [0.717, 1.165) is 114 Å². The Morgan fingerprint density at radius 3 is 1.26 bits per heavy atom. The number of nitro benzene ring substituents is 3. The van der Waals surface area contributed by atoms with Crippen molar-refractivity contribution in [3.05, 3.63) is 334 Å². The van der Waals surface area contributed by atoms with E-state index in [4.69, 9.17) is 93.7 Å². The first-order chi connectivity index (χ1) is 68.5. The van der Waals surface area contributed by atoms with E-state index in [1.807, 2.05) is 214 Å². The number of hydrazine groups is 1. The molecule has 13 aromatic rings. The van der Waals surface area contributed by atoms with Crippen LogP contribution in [0.3, 0.4) is 0 Å². The number of ether oxygens (including phenoxy) is 9. The molecule has 1 aliphatic heterocycles. The number of ketones is 2. The number of pyridine rings is 3. The normalized spacial score (nSPS) is 10.9. The van der Waals surface area contributed by atoms with Crippen LogP contribution in [-0.4, -0.2) is 209 Å². The Bertz CT molecular complexity index is 6860. The summed E-state index contributed by atoms with van der Waals surface area (Å²) in [5, 5.41) is 62.1. The maximum Gasteiger partial charge on any atom is 0.319 e. The maximum atomic E-state index is 11.0. The van der Waals surface area contributed by atoms with Gasteiger partial charge in [0.15, 0.2) is 17.8 Å². The van der Waals surface area contributed by atoms with Gasteiger partial charge in [0.25, 0.3) is 17.1 Å². The molecule has 1 aliphatic rings. The zero-order chi connectivity index (χ0) is 107. The predicted octanol–water partition coefficient (Wildman–Crippen LogP) is 19.1. The molecule has 14 rings (SSSR count). The standard InChI is InChI=1S/C18H20N4O2.C18H17N3O4.C18H19N3O2.C11H11N3O2.C9H22N2O.C9H13NO2.C8H6N2O2.C8H8O3.C6H12N2O.CH4.2ClH.Pd/c1-23-15-6-4-13(17(10-15)24-2)11-22-8-7-12-3-5-14(21-20)9-16(12)18(22)19;1-24-15-6-4-13(17(10-15)25-2)11-20-8-7-12-3-5-14(21(22)23)9-16(12)18(20)19;1-22-15-6-4-13(17(10-15)23-2)11-21-8-7-12-3-5-14(19)9-16(12)18(21)20;1-12-11-8-10(14(15)16)5-4-9(11)6-7-13(2)3;1-9(2,3)12-8(10(4)5)11(6)7;1-11-8-4-3-7(6-10)9(5-8)12-2;1-6-3-4-7(10(11)12)5-8(6)9-2;1-6(9)5-7(10)8-3-2-4-11-8;1-7-4-3-5-8(2)6(7)9;;;;/h3-10,19,21H,11,20H2,1-2H3;3-10,19H,11H2,1-2H3;3-10,20H,11,19H2,1-2H3;4-8H,2-3H3;8H,1-7H3;3-5H,6,10H2,1-2H3;3-5H,1H3;2-4H,5H2,1H3;3-5H2,1-2H3;1H4;2*1H;/b;;;7-6+;;;;;;;;;. The van der Waals surface area contributed by atoms with Crippen LogP contribution in [0.5, 0.6) is 46.0 Å². The van der Waals surface area contributed by atoms with E-state index >= 15 is 0 Å². The Kier molecular flexibility index (Phi) is 55.1. The molecule has 796 valence electrons. The number of nitrogen functional groups attached to an aromatic ring is 2. The van der Waals surface area contributed by atoms with Gasteiger partial charge in [0.2, 0.25) is 11.5 Å². The van der Waals surface area contributed by atoms with Gasteiger partial charge >= 0.3 is 6.03 Å². The van der Waals surface area contributed by atoms with Crippen LogP contribution >= 0.6 is 24.8 Å². The number of methoxy groups -OCH3 is 8. The van der Waals surface area contributed by atoms with Gasteiger partial charge in [0.1, 0.15) is 68.2 Å². The minimum atomic E-state index is -0.506. The third-order valence-electron chi connectivity index (χ3n) is 21.3. The molecule has 42 heteroatoms. The molecule has 0 atom stereocenters. The van der Waals surface area contributed by atoms with Gasteiger partial charge < -0.3 is 92.3 Å². The summed E-state index contributed by atoms with van der Waals surface area (Å²) >= 11 is 0. The number of furan rings is 1. The van der Waals surface area contributed by atoms with Crippen molar-refractivity contribution in [2.75, 3.05) is 138 Å². The van der Waals surface area contributed by atoms with E-state index in [-0.39, 0.29) is 123 Å². The van der Waals surface area contributed by atoms with Crippen molar-refractivity contribution in [1.29, 1.82) is 16.2 Å². The van der Waals surface area contributed by atoms with Crippen LogP contribution in [0.4, 0.5) is 44.6 Å². The number of amides is 2. The summed E-state index contributed by atoms with van der Waals surface area (Å²) in [6.07, 6.45) is 11.6. The fraction of sp³-hybridized carbons (Fsp3) is 0.302. The van der Waals surface area contributed by atoms with Gasteiger partial charge in [-0.05, 0) is 212 Å². The number of aryl methyl sites for hydroxylation is 1. The summed E-state index contributed by atoms with van der Waals surface area (Å²) in [5.41, 5.74) is 22.1. The van der Waals surface area contributed by atoms with Crippen LogP contribution in [0.1, 0.15) is 91.9 Å². The summed E-state index contributed by atoms with van der Waals surface area (Å²) in [6, 6.07) is 55.9. The van der Waals surface area contributed by atoms with Gasteiger partial charge in [-0.3, -0.25) is 71.8 Å². The largest absolute Gasteiger partial charge is 0.497 e. The number of aromatic nitrogens is 3. The second-order valence-corrected chi connectivity index (χ2v) is 33.6. The number of nitro groups is 3. The number of hydrogen-bond donors (Lipinski definition) is 7. The number of anilines is 2. The number of carbonyl (C=O) groups is 3. The number of nitrogens with two attached hydrogens (primary N) is 3. The average Bonchev–Trinajstić information content (AvgIpc) is 0.886. The third kappa shape index (κ3) is 39.3. The van der Waals surface area contributed by atoms with Gasteiger partial charge in [0.05, 0.1) is 123 Å². The van der Waals surface area contributed by atoms with E-state index in [1.54, 1.807) is 133 Å². The van der Waals surface area contributed by atoms with Gasteiger partial charge in [-0.25, -0.2) is 14.5 Å². The van der Waals surface area contributed by atoms with E-state index < -0.39 is 14.8 Å². The van der Waals surface area contributed by atoms with Crippen LogP contribution in [0.2, 0.25) is 0 Å². The number of non-ortho nitro benzene ring substituents is 3. The zero-order valence-electron chi connectivity index (χ0n) is 86.1. The van der Waals surface area contributed by atoms with E-state index in [1.165, 1.54) is 49.6 Å². The fourth-order valence-corrected chi connectivity index (χ4v) is 13.8. The van der Waals surface area contributed by atoms with Crippen LogP contribution in [-0.2, 0) is 56.1 Å². The van der Waals surface area contributed by atoms with Crippen LogP contribution in [0.25, 0.3) is 48.1 Å². The minimum Gasteiger partial charge on any atom is -0.497 e. The number of nitrogens with one attached hydrogen (secondary N) is 4. The van der Waals surface area contributed by atoms with Crippen molar-refractivity contribution < 1.29 is 96.6 Å². The molecule has 0 aliphatic carbocycles. The number of fused-ring (bicyclic) bond motifs is 3. The van der Waals surface area contributed by atoms with E-state index in [0.29, 0.717) is 71.0 Å². The molecule has 0 radical (unpaired) electrons. The monoisotopic (exact) mass is 2170 g/mol. The SMILES string of the molecule is C.CC(=O)CC(=O)c1ccco1.CN(C)C(OC(C)(C)C)N(C)C.CN1CCCN(C)C1=O.COc1ccc(CN)c(OC)c1.COc1ccc(Cn2ccc3ccc(N)cc3c2=N)c(OC)c1.COc1ccc(Cn2ccc3ccc(NN)cc3c2=N)c(OC)c1.COc1ccc(Cn2ccc3ccc([N+](=O)[O-])cc3c2=N)c(OC)c1.Cl.Cl.[C-]#[N+]c1cc([N+](=O)[O-])ccc1/C=C/N(C)C.[C-]#[N+]c1cc([N+](=O)[O-])ccc1C.[Pd]. The summed E-state index contributed by atoms with van der Waals surface area (Å²) < 4.78 is 58.1. The summed E-state index contributed by atoms with van der Waals surface area (Å²) in [6.45, 7) is 26.8. The van der Waals surface area contributed by atoms with Gasteiger partial charge in [-0.2, -0.15) is 0 Å². The van der Waals surface area contributed by atoms with Crippen molar-refractivity contribution >= 4 is 121 Å². The molecule has 10 N–H and O–H groups in total. The van der Waals surface area contributed by atoms with Crippen LogP contribution in [0, 0.1) is 66.6 Å². The Morgan fingerprint density at radius 1 is 0.534 bits per heavy atom. The number of carbonyl (C=O) groups excluding carboxylic acids is 3. The summed E-state index contributed by atoms with van der Waals surface area (Å²) in [7, 11) is 28.3. The molecule has 1 saturated heterocycles. The van der Waals surface area contributed by atoms with Crippen molar-refractivity contribution in [2.24, 2.45) is 11.6 Å². The number of Topliss-reactive ketones (excluding diaryl/α,β-unsaturated/α-hetero) is 2. The molecule has 1 fully saturated rings. The Labute approximate surface area is 888 Å². The molecule has 0 spiro atoms. The van der Waals surface area contributed by atoms with Crippen molar-refractivity contribution in [3.8, 4) is 46.0 Å². The van der Waals surface area contributed by atoms with Crippen molar-refractivity contribution in [1.82, 2.24) is 38.2 Å². The topological polar surface area (TPSA) is 478 Å². The number of nitrogens with zero attached hydrogens (tertiary/aromatic N) is 13. The molecular formula is C106H134Cl2N20O19Pd. The molecule has 9 aromatic carbocycles. The number of hydrogen-bond acceptors (Lipinski definition) is 29. The average molecular weight is 2170 g/mol. The second kappa shape index (κ2) is 63.5. The first-order valence-electron chi connectivity index (χ1n) is 44.6. The number of benzene rings is 9.